The fourth-order valence-corrected chi connectivity index (χ4v) is 3.88. The summed E-state index contributed by atoms with van der Waals surface area (Å²) in [5.41, 5.74) is 1.30. The zero-order valence-corrected chi connectivity index (χ0v) is 17.6. The van der Waals surface area contributed by atoms with Gasteiger partial charge in [-0.1, -0.05) is 48.5 Å². The first-order valence-electron chi connectivity index (χ1n) is 10.9. The molecule has 160 valence electrons. The van der Waals surface area contributed by atoms with Crippen molar-refractivity contribution in [2.75, 3.05) is 24.5 Å². The number of carbonyl (C=O) groups is 1. The van der Waals surface area contributed by atoms with Gasteiger partial charge in [-0.25, -0.2) is 9.97 Å². The summed E-state index contributed by atoms with van der Waals surface area (Å²) in [5, 5.41) is 3.12. The van der Waals surface area contributed by atoms with Crippen molar-refractivity contribution in [3.63, 3.8) is 0 Å². The highest BCUT2D eigenvalue weighted by atomic mass is 16.5. The summed E-state index contributed by atoms with van der Waals surface area (Å²) >= 11 is 0. The fraction of sp³-hybridized carbons (Fsp3) is 0.320. The lowest BCUT2D eigenvalue weighted by Crippen LogP contribution is -2.43. The van der Waals surface area contributed by atoms with E-state index in [1.54, 1.807) is 12.4 Å². The van der Waals surface area contributed by atoms with E-state index in [-0.39, 0.29) is 11.8 Å². The maximum atomic E-state index is 12.8. The molecule has 1 amide bonds. The summed E-state index contributed by atoms with van der Waals surface area (Å²) in [6.07, 6.45) is 7.02. The lowest BCUT2D eigenvalue weighted by molar-refractivity contribution is -0.125. The molecule has 1 atom stereocenters. The van der Waals surface area contributed by atoms with Crippen LogP contribution in [0.2, 0.25) is 0 Å². The summed E-state index contributed by atoms with van der Waals surface area (Å²) in [6.45, 7) is 2.15. The smallest absolute Gasteiger partial charge is 0.263 e. The number of aryl methyl sites for hydroxylation is 1. The Bertz CT molecular complexity index is 966. The third-order valence-corrected chi connectivity index (χ3v) is 5.48. The van der Waals surface area contributed by atoms with Crippen LogP contribution in [0.4, 0.5) is 5.82 Å². The number of nitrogens with one attached hydrogen (secondary N) is 1. The molecule has 3 aromatic rings. The Morgan fingerprint density at radius 2 is 1.77 bits per heavy atom. The van der Waals surface area contributed by atoms with E-state index in [0.717, 1.165) is 32.2 Å². The maximum Gasteiger partial charge on any atom is 0.263 e. The summed E-state index contributed by atoms with van der Waals surface area (Å²) in [7, 11) is 0. The van der Waals surface area contributed by atoms with Crippen molar-refractivity contribution in [1.29, 1.82) is 0 Å². The number of carbonyl (C=O) groups excluding carboxylic acids is 1. The van der Waals surface area contributed by atoms with Crippen LogP contribution in [0.1, 0.15) is 24.8 Å². The van der Waals surface area contributed by atoms with Crippen molar-refractivity contribution in [3.05, 3.63) is 78.6 Å². The topological polar surface area (TPSA) is 67.4 Å². The quantitative estimate of drug-likeness (QED) is 0.557. The van der Waals surface area contributed by atoms with Crippen LogP contribution in [0.3, 0.4) is 0 Å². The molecular weight excluding hydrogens is 388 g/mol. The van der Waals surface area contributed by atoms with Crippen molar-refractivity contribution in [2.45, 2.75) is 25.7 Å². The maximum absolute atomic E-state index is 12.8. The van der Waals surface area contributed by atoms with E-state index in [1.165, 1.54) is 5.56 Å². The monoisotopic (exact) mass is 416 g/mol. The van der Waals surface area contributed by atoms with Crippen LogP contribution in [0.15, 0.2) is 73.1 Å². The molecule has 0 saturated carbocycles. The van der Waals surface area contributed by atoms with E-state index < -0.39 is 0 Å². The molecule has 6 heteroatoms. The van der Waals surface area contributed by atoms with Gasteiger partial charge >= 0.3 is 0 Å². The summed E-state index contributed by atoms with van der Waals surface area (Å²) in [5.74, 6) is 1.93. The number of benzene rings is 2. The van der Waals surface area contributed by atoms with Crippen LogP contribution in [-0.4, -0.2) is 35.5 Å². The average Bonchev–Trinajstić information content (AvgIpc) is 2.83. The Labute approximate surface area is 183 Å². The second kappa shape index (κ2) is 10.6. The first kappa shape index (κ1) is 20.8. The van der Waals surface area contributed by atoms with Crippen LogP contribution in [-0.2, 0) is 11.2 Å². The number of hydrogen-bond donors (Lipinski definition) is 1. The molecule has 4 rings (SSSR count). The molecule has 1 aliphatic rings. The highest BCUT2D eigenvalue weighted by Crippen LogP contribution is 2.30. The molecule has 0 aliphatic carbocycles. The minimum Gasteiger partial charge on any atom is -0.436 e. The van der Waals surface area contributed by atoms with Gasteiger partial charge in [0.2, 0.25) is 5.91 Å². The second-order valence-electron chi connectivity index (χ2n) is 7.77. The third kappa shape index (κ3) is 5.81. The van der Waals surface area contributed by atoms with Crippen molar-refractivity contribution >= 4 is 11.7 Å². The first-order chi connectivity index (χ1) is 15.3. The van der Waals surface area contributed by atoms with Crippen molar-refractivity contribution in [2.24, 2.45) is 5.92 Å². The molecule has 0 spiro atoms. The van der Waals surface area contributed by atoms with Crippen LogP contribution in [0.5, 0.6) is 11.6 Å². The summed E-state index contributed by atoms with van der Waals surface area (Å²) in [4.78, 5) is 23.8. The Hall–Kier alpha value is -3.41. The Morgan fingerprint density at radius 3 is 2.58 bits per heavy atom. The van der Waals surface area contributed by atoms with Gasteiger partial charge in [0, 0.05) is 32.0 Å². The number of amides is 1. The van der Waals surface area contributed by atoms with Gasteiger partial charge in [-0.15, -0.1) is 0 Å². The van der Waals surface area contributed by atoms with Crippen molar-refractivity contribution in [1.82, 2.24) is 15.3 Å². The highest BCUT2D eigenvalue weighted by Gasteiger charge is 2.28. The Balaban J connectivity index is 1.32. The number of hydrogen-bond acceptors (Lipinski definition) is 5. The molecular formula is C25H28N4O2. The van der Waals surface area contributed by atoms with Gasteiger partial charge in [-0.2, -0.15) is 0 Å². The largest absolute Gasteiger partial charge is 0.436 e. The number of ether oxygens (including phenoxy) is 1. The molecule has 0 radical (unpaired) electrons. The van der Waals surface area contributed by atoms with E-state index in [4.69, 9.17) is 4.74 Å². The predicted molar refractivity (Wildman–Crippen MR) is 121 cm³/mol. The Kier molecular flexibility index (Phi) is 7.11. The molecule has 1 saturated heterocycles. The molecule has 1 N–H and O–H groups in total. The van der Waals surface area contributed by atoms with Crippen molar-refractivity contribution in [3.8, 4) is 11.6 Å². The number of piperidine rings is 1. The number of anilines is 1. The number of aromatic nitrogens is 2. The summed E-state index contributed by atoms with van der Waals surface area (Å²) < 4.78 is 5.96. The van der Waals surface area contributed by atoms with E-state index in [2.05, 4.69) is 32.3 Å². The van der Waals surface area contributed by atoms with E-state index in [0.29, 0.717) is 30.5 Å². The molecule has 6 nitrogen and oxygen atoms in total. The lowest BCUT2D eigenvalue weighted by Gasteiger charge is -2.33. The first-order valence-corrected chi connectivity index (χ1v) is 10.9. The van der Waals surface area contributed by atoms with Gasteiger partial charge in [0.25, 0.3) is 5.88 Å². The zero-order chi connectivity index (χ0) is 21.3. The molecule has 31 heavy (non-hydrogen) atoms. The molecule has 0 unspecified atom stereocenters. The van der Waals surface area contributed by atoms with E-state index in [1.807, 2.05) is 48.5 Å². The van der Waals surface area contributed by atoms with E-state index >= 15 is 0 Å². The average molecular weight is 417 g/mol. The molecule has 1 aliphatic heterocycles. The van der Waals surface area contributed by atoms with Crippen LogP contribution in [0, 0.1) is 5.92 Å². The lowest BCUT2D eigenvalue weighted by atomic mass is 9.97. The Morgan fingerprint density at radius 1 is 1.03 bits per heavy atom. The van der Waals surface area contributed by atoms with E-state index in [9.17, 15) is 4.79 Å². The van der Waals surface area contributed by atoms with Crippen molar-refractivity contribution < 1.29 is 9.53 Å². The van der Waals surface area contributed by atoms with Gasteiger partial charge < -0.3 is 15.0 Å². The minimum absolute atomic E-state index is 0.0583. The number of rotatable bonds is 8. The molecule has 2 heterocycles. The third-order valence-electron chi connectivity index (χ3n) is 5.48. The van der Waals surface area contributed by atoms with Gasteiger partial charge in [0.15, 0.2) is 5.82 Å². The zero-order valence-electron chi connectivity index (χ0n) is 17.6. The summed E-state index contributed by atoms with van der Waals surface area (Å²) in [6, 6.07) is 19.9. The molecule has 2 aromatic carbocycles. The minimum atomic E-state index is -0.0583. The normalized spacial score (nSPS) is 16.0. The fourth-order valence-electron chi connectivity index (χ4n) is 3.88. The van der Waals surface area contributed by atoms with Crippen LogP contribution in [0.25, 0.3) is 0 Å². The van der Waals surface area contributed by atoms with Gasteiger partial charge in [-0.3, -0.25) is 4.79 Å². The standard InChI is InChI=1S/C25H28N4O2/c30-24(27-15-7-11-20-9-3-1-4-10-20)21-12-8-18-29(19-21)23-25(28-17-16-26-23)31-22-13-5-2-6-14-22/h1-6,9-10,13-14,16-17,21H,7-8,11-12,15,18-19H2,(H,27,30)/t21-/m1/s1. The van der Waals surface area contributed by atoms with Crippen LogP contribution < -0.4 is 15.0 Å². The van der Waals surface area contributed by atoms with Gasteiger partial charge in [0.1, 0.15) is 5.75 Å². The molecule has 1 aromatic heterocycles. The number of para-hydroxylation sites is 1. The van der Waals surface area contributed by atoms with Crippen LogP contribution >= 0.6 is 0 Å². The second-order valence-corrected chi connectivity index (χ2v) is 7.77. The SMILES string of the molecule is O=C(NCCCc1ccccc1)[C@@H]1CCCN(c2nccnc2Oc2ccccc2)C1. The molecule has 0 bridgehead atoms. The number of nitrogens with zero attached hydrogens (tertiary/aromatic N) is 3. The molecule has 1 fully saturated rings. The van der Waals surface area contributed by atoms with Gasteiger partial charge in [0.05, 0.1) is 5.92 Å². The highest BCUT2D eigenvalue weighted by molar-refractivity contribution is 5.79. The predicted octanol–water partition coefficient (Wildman–Crippen LogP) is 4.23. The van der Waals surface area contributed by atoms with Gasteiger partial charge in [-0.05, 0) is 43.4 Å².